The first-order chi connectivity index (χ1) is 7.97. The third-order valence-corrected chi connectivity index (χ3v) is 3.33. The predicted octanol–water partition coefficient (Wildman–Crippen LogP) is 2.91. The molecule has 88 valence electrons. The Hall–Kier alpha value is -1.65. The van der Waals surface area contributed by atoms with Crippen molar-refractivity contribution in [2.45, 2.75) is 11.8 Å². The molecule has 0 aliphatic rings. The van der Waals surface area contributed by atoms with Gasteiger partial charge in [0, 0.05) is 0 Å². The number of aryl methyl sites for hydroxylation is 1. The van der Waals surface area contributed by atoms with Gasteiger partial charge in [0.25, 0.3) is 10.1 Å². The van der Waals surface area contributed by atoms with Crippen LogP contribution in [0.4, 0.5) is 0 Å². The Morgan fingerprint density at radius 3 is 2.12 bits per heavy atom. The van der Waals surface area contributed by atoms with Gasteiger partial charge in [0.15, 0.2) is 0 Å². The minimum absolute atomic E-state index is 0.0866. The van der Waals surface area contributed by atoms with Gasteiger partial charge in [-0.2, -0.15) is 8.42 Å². The summed E-state index contributed by atoms with van der Waals surface area (Å²) in [7, 11) is -4.14. The average Bonchev–Trinajstić information content (AvgIpc) is 2.28. The Labute approximate surface area is 100 Å². The van der Waals surface area contributed by atoms with E-state index in [9.17, 15) is 8.42 Å². The van der Waals surface area contributed by atoms with Crippen LogP contribution < -0.4 is 0 Å². The largest absolute Gasteiger partial charge is 0.294 e. The van der Waals surface area contributed by atoms with Crippen molar-refractivity contribution in [2.75, 3.05) is 0 Å². The summed E-state index contributed by atoms with van der Waals surface area (Å²) >= 11 is 0. The Bertz CT molecular complexity index is 645. The number of benzene rings is 2. The summed E-state index contributed by atoms with van der Waals surface area (Å²) in [6, 6.07) is 14.0. The molecule has 0 heterocycles. The summed E-state index contributed by atoms with van der Waals surface area (Å²) in [5.41, 5.74) is 2.79. The molecule has 0 aromatic heterocycles. The summed E-state index contributed by atoms with van der Waals surface area (Å²) in [5, 5.41) is 0. The Morgan fingerprint density at radius 1 is 0.941 bits per heavy atom. The maximum Gasteiger partial charge on any atom is 0.294 e. The van der Waals surface area contributed by atoms with Crippen molar-refractivity contribution in [1.82, 2.24) is 0 Å². The smallest absolute Gasteiger partial charge is 0.282 e. The van der Waals surface area contributed by atoms with E-state index in [-0.39, 0.29) is 4.90 Å². The van der Waals surface area contributed by atoms with E-state index < -0.39 is 10.1 Å². The number of hydrogen-bond acceptors (Lipinski definition) is 2. The average molecular weight is 248 g/mol. The van der Waals surface area contributed by atoms with E-state index >= 15 is 0 Å². The van der Waals surface area contributed by atoms with E-state index in [4.69, 9.17) is 4.55 Å². The molecule has 0 aliphatic carbocycles. The van der Waals surface area contributed by atoms with Crippen molar-refractivity contribution >= 4 is 10.1 Å². The normalized spacial score (nSPS) is 11.4. The van der Waals surface area contributed by atoms with Crippen molar-refractivity contribution in [3.05, 3.63) is 54.1 Å². The molecule has 0 aliphatic heterocycles. The van der Waals surface area contributed by atoms with Crippen molar-refractivity contribution in [3.63, 3.8) is 0 Å². The number of hydrogen-bond donors (Lipinski definition) is 1. The van der Waals surface area contributed by atoms with Crippen LogP contribution in [0.3, 0.4) is 0 Å². The molecule has 1 N–H and O–H groups in total. The number of rotatable bonds is 2. The summed E-state index contributed by atoms with van der Waals surface area (Å²) in [4.78, 5) is -0.0866. The fourth-order valence-corrected chi connectivity index (χ4v) is 2.19. The standard InChI is InChI=1S/C13H12O3S/c1-10-4-2-5-11(8-10)12-6-3-7-13(9-12)17(14,15)16/h2-9H,1H3,(H,14,15,16). The van der Waals surface area contributed by atoms with Crippen molar-refractivity contribution in [2.24, 2.45) is 0 Å². The summed E-state index contributed by atoms with van der Waals surface area (Å²) < 4.78 is 31.1. The van der Waals surface area contributed by atoms with Gasteiger partial charge in [-0.25, -0.2) is 0 Å². The van der Waals surface area contributed by atoms with Crippen LogP contribution in [0.1, 0.15) is 5.56 Å². The lowest BCUT2D eigenvalue weighted by molar-refractivity contribution is 0.483. The Kier molecular flexibility index (Phi) is 3.00. The summed E-state index contributed by atoms with van der Waals surface area (Å²) in [6.45, 7) is 1.97. The van der Waals surface area contributed by atoms with Gasteiger partial charge in [-0.05, 0) is 30.2 Å². The lowest BCUT2D eigenvalue weighted by Crippen LogP contribution is -1.97. The second-order valence-corrected chi connectivity index (χ2v) is 5.29. The quantitative estimate of drug-likeness (QED) is 0.831. The van der Waals surface area contributed by atoms with Crippen LogP contribution in [-0.2, 0) is 10.1 Å². The zero-order chi connectivity index (χ0) is 12.5. The SMILES string of the molecule is Cc1cccc(-c2cccc(S(=O)(=O)O)c2)c1. The van der Waals surface area contributed by atoms with Crippen LogP contribution in [0.5, 0.6) is 0 Å². The van der Waals surface area contributed by atoms with Gasteiger partial charge in [-0.3, -0.25) is 4.55 Å². The predicted molar refractivity (Wildman–Crippen MR) is 66.4 cm³/mol. The first kappa shape index (κ1) is 11.8. The monoisotopic (exact) mass is 248 g/mol. The topological polar surface area (TPSA) is 54.4 Å². The van der Waals surface area contributed by atoms with Crippen molar-refractivity contribution in [3.8, 4) is 11.1 Å². The molecule has 2 rings (SSSR count). The molecular weight excluding hydrogens is 236 g/mol. The van der Waals surface area contributed by atoms with E-state index in [0.717, 1.165) is 16.7 Å². The molecule has 0 unspecified atom stereocenters. The Balaban J connectivity index is 2.54. The molecule has 0 spiro atoms. The maximum atomic E-state index is 11.0. The van der Waals surface area contributed by atoms with E-state index in [1.54, 1.807) is 6.07 Å². The minimum Gasteiger partial charge on any atom is -0.282 e. The molecule has 0 saturated carbocycles. The van der Waals surface area contributed by atoms with Gasteiger partial charge in [0.05, 0.1) is 4.90 Å². The van der Waals surface area contributed by atoms with Crippen LogP contribution in [0.2, 0.25) is 0 Å². The highest BCUT2D eigenvalue weighted by Crippen LogP contribution is 2.23. The van der Waals surface area contributed by atoms with Crippen LogP contribution in [0.15, 0.2) is 53.4 Å². The second-order valence-electron chi connectivity index (χ2n) is 3.87. The molecule has 0 saturated heterocycles. The highest BCUT2D eigenvalue weighted by Gasteiger charge is 2.10. The molecule has 3 nitrogen and oxygen atoms in total. The van der Waals surface area contributed by atoms with Gasteiger partial charge >= 0.3 is 0 Å². The second kappa shape index (κ2) is 4.31. The van der Waals surface area contributed by atoms with Crippen molar-refractivity contribution < 1.29 is 13.0 Å². The molecule has 0 fully saturated rings. The van der Waals surface area contributed by atoms with Gasteiger partial charge in [-0.15, -0.1) is 0 Å². The first-order valence-corrected chi connectivity index (χ1v) is 6.55. The van der Waals surface area contributed by atoms with Crippen LogP contribution >= 0.6 is 0 Å². The Morgan fingerprint density at radius 2 is 1.53 bits per heavy atom. The fourth-order valence-electron chi connectivity index (χ4n) is 1.66. The molecule has 0 bridgehead atoms. The third kappa shape index (κ3) is 2.72. The lowest BCUT2D eigenvalue weighted by Gasteiger charge is -2.04. The molecule has 2 aromatic rings. The molecule has 4 heteroatoms. The van der Waals surface area contributed by atoms with Crippen LogP contribution in [0, 0.1) is 6.92 Å². The van der Waals surface area contributed by atoms with Gasteiger partial charge in [-0.1, -0.05) is 42.0 Å². The summed E-state index contributed by atoms with van der Waals surface area (Å²) in [6.07, 6.45) is 0. The minimum atomic E-state index is -4.14. The van der Waals surface area contributed by atoms with E-state index in [2.05, 4.69) is 0 Å². The van der Waals surface area contributed by atoms with Crippen molar-refractivity contribution in [1.29, 1.82) is 0 Å². The molecule has 0 radical (unpaired) electrons. The maximum absolute atomic E-state index is 11.0. The van der Waals surface area contributed by atoms with Crippen LogP contribution in [0.25, 0.3) is 11.1 Å². The summed E-state index contributed by atoms with van der Waals surface area (Å²) in [5.74, 6) is 0. The van der Waals surface area contributed by atoms with Gasteiger partial charge < -0.3 is 0 Å². The van der Waals surface area contributed by atoms with Crippen LogP contribution in [-0.4, -0.2) is 13.0 Å². The third-order valence-electron chi connectivity index (χ3n) is 2.48. The van der Waals surface area contributed by atoms with Gasteiger partial charge in [0.2, 0.25) is 0 Å². The molecule has 0 amide bonds. The fraction of sp³-hybridized carbons (Fsp3) is 0.0769. The zero-order valence-corrected chi connectivity index (χ0v) is 10.1. The van der Waals surface area contributed by atoms with E-state index in [1.807, 2.05) is 37.3 Å². The lowest BCUT2D eigenvalue weighted by atomic mass is 10.0. The van der Waals surface area contributed by atoms with Gasteiger partial charge in [0.1, 0.15) is 0 Å². The molecule has 2 aromatic carbocycles. The van der Waals surface area contributed by atoms with E-state index in [0.29, 0.717) is 0 Å². The first-order valence-electron chi connectivity index (χ1n) is 5.11. The highest BCUT2D eigenvalue weighted by molar-refractivity contribution is 7.85. The molecule has 17 heavy (non-hydrogen) atoms. The molecule has 0 atom stereocenters. The van der Waals surface area contributed by atoms with E-state index in [1.165, 1.54) is 12.1 Å². The highest BCUT2D eigenvalue weighted by atomic mass is 32.2. The molecular formula is C13H12O3S. The zero-order valence-electron chi connectivity index (χ0n) is 9.29.